The Morgan fingerprint density at radius 1 is 0.846 bits per heavy atom. The number of hydrogen-bond donors (Lipinski definition) is 2. The van der Waals surface area contributed by atoms with Crippen LogP contribution < -0.4 is 10.6 Å². The summed E-state index contributed by atoms with van der Waals surface area (Å²) in [6.45, 7) is 1.42. The third-order valence-corrected chi connectivity index (χ3v) is 4.28. The molecule has 0 radical (unpaired) electrons. The number of carbonyl (C=O) groups excluding carboxylic acids is 3. The molecule has 0 saturated carbocycles. The Balaban J connectivity index is 1.64. The molecule has 7 heteroatoms. The number of amides is 2. The number of carbonyl (C=O) groups is 3. The first-order chi connectivity index (χ1) is 12.5. The van der Waals surface area contributed by atoms with Gasteiger partial charge in [0.05, 0.1) is 0 Å². The van der Waals surface area contributed by atoms with Crippen molar-refractivity contribution >= 4 is 39.8 Å². The number of aromatic nitrogens is 1. The number of nitrogens with zero attached hydrogens (tertiary/aromatic N) is 1. The van der Waals surface area contributed by atoms with Crippen LogP contribution in [0.15, 0.2) is 60.0 Å². The maximum atomic E-state index is 12.2. The Kier molecular flexibility index (Phi) is 5.19. The van der Waals surface area contributed by atoms with Gasteiger partial charge in [0.25, 0.3) is 11.8 Å². The van der Waals surface area contributed by atoms with Gasteiger partial charge in [0, 0.05) is 29.1 Å². The highest BCUT2D eigenvalue weighted by Gasteiger charge is 2.11. The lowest BCUT2D eigenvalue weighted by Gasteiger charge is -2.06. The summed E-state index contributed by atoms with van der Waals surface area (Å²) in [4.78, 5) is 39.6. The first kappa shape index (κ1) is 17.5. The van der Waals surface area contributed by atoms with E-state index in [0.717, 1.165) is 0 Å². The molecule has 2 N–H and O–H groups in total. The first-order valence-corrected chi connectivity index (χ1v) is 8.65. The summed E-state index contributed by atoms with van der Waals surface area (Å²) in [6, 6.07) is 15.4. The number of rotatable bonds is 5. The lowest BCUT2D eigenvalue weighted by Crippen LogP contribution is -2.13. The second kappa shape index (κ2) is 7.71. The summed E-state index contributed by atoms with van der Waals surface area (Å²) in [7, 11) is 0. The van der Waals surface area contributed by atoms with Crippen molar-refractivity contribution in [1.82, 2.24) is 4.98 Å². The van der Waals surface area contributed by atoms with Gasteiger partial charge in [-0.1, -0.05) is 18.2 Å². The van der Waals surface area contributed by atoms with E-state index >= 15 is 0 Å². The zero-order chi connectivity index (χ0) is 18.5. The number of Topliss-reactive ketones (excluding diaryl/α,β-unsaturated/α-hetero) is 1. The molecule has 0 aliphatic heterocycles. The van der Waals surface area contributed by atoms with Crippen LogP contribution in [-0.2, 0) is 0 Å². The third kappa shape index (κ3) is 4.20. The number of thiazole rings is 1. The van der Waals surface area contributed by atoms with E-state index in [4.69, 9.17) is 0 Å². The first-order valence-electron chi connectivity index (χ1n) is 7.77. The molecule has 0 saturated heterocycles. The normalized spacial score (nSPS) is 10.2. The minimum absolute atomic E-state index is 0.153. The van der Waals surface area contributed by atoms with Gasteiger partial charge in [-0.3, -0.25) is 19.7 Å². The van der Waals surface area contributed by atoms with Gasteiger partial charge in [0.2, 0.25) is 0 Å². The molecule has 3 rings (SSSR count). The van der Waals surface area contributed by atoms with Crippen molar-refractivity contribution in [1.29, 1.82) is 0 Å². The molecule has 0 atom stereocenters. The van der Waals surface area contributed by atoms with Crippen LogP contribution >= 0.6 is 11.3 Å². The highest BCUT2D eigenvalue weighted by Crippen LogP contribution is 2.18. The van der Waals surface area contributed by atoms with Gasteiger partial charge in [-0.05, 0) is 36.4 Å². The predicted molar refractivity (Wildman–Crippen MR) is 101 cm³/mol. The van der Waals surface area contributed by atoms with Crippen molar-refractivity contribution < 1.29 is 14.4 Å². The quantitative estimate of drug-likeness (QED) is 0.672. The number of ketones is 1. The number of nitrogens with one attached hydrogen (secondary N) is 2. The molecule has 1 heterocycles. The maximum Gasteiger partial charge on any atom is 0.257 e. The van der Waals surface area contributed by atoms with E-state index in [1.165, 1.54) is 18.3 Å². The minimum Gasteiger partial charge on any atom is -0.322 e. The Morgan fingerprint density at radius 2 is 1.46 bits per heavy atom. The second-order valence-electron chi connectivity index (χ2n) is 5.45. The van der Waals surface area contributed by atoms with Crippen LogP contribution in [-0.4, -0.2) is 22.6 Å². The number of anilines is 2. The zero-order valence-electron chi connectivity index (χ0n) is 13.9. The molecule has 0 unspecified atom stereocenters. The molecular formula is C19H15N3O3S. The van der Waals surface area contributed by atoms with Crippen molar-refractivity contribution in [2.24, 2.45) is 0 Å². The summed E-state index contributed by atoms with van der Waals surface area (Å²) >= 11 is 1.19. The summed E-state index contributed by atoms with van der Waals surface area (Å²) < 4.78 is 0. The molecule has 3 aromatic rings. The molecule has 0 aliphatic carbocycles. The van der Waals surface area contributed by atoms with E-state index in [-0.39, 0.29) is 17.6 Å². The third-order valence-electron chi connectivity index (χ3n) is 3.53. The van der Waals surface area contributed by atoms with E-state index in [0.29, 0.717) is 27.6 Å². The molecule has 6 nitrogen and oxygen atoms in total. The molecule has 2 aromatic carbocycles. The number of benzene rings is 2. The fourth-order valence-corrected chi connectivity index (χ4v) is 2.90. The molecule has 0 bridgehead atoms. The Bertz CT molecular complexity index is 950. The second-order valence-corrected chi connectivity index (χ2v) is 6.30. The van der Waals surface area contributed by atoms with Crippen molar-refractivity contribution in [2.45, 2.75) is 6.92 Å². The molecule has 130 valence electrons. The summed E-state index contributed by atoms with van der Waals surface area (Å²) in [6.07, 6.45) is 0. The van der Waals surface area contributed by atoms with Crippen LogP contribution in [0.5, 0.6) is 0 Å². The Morgan fingerprint density at radius 3 is 2.08 bits per heavy atom. The maximum absolute atomic E-state index is 12.2. The van der Waals surface area contributed by atoms with Crippen LogP contribution in [0.2, 0.25) is 0 Å². The molecule has 1 aromatic heterocycles. The fourth-order valence-electron chi connectivity index (χ4n) is 2.16. The van der Waals surface area contributed by atoms with Gasteiger partial charge in [-0.15, -0.1) is 11.3 Å². The van der Waals surface area contributed by atoms with Crippen molar-refractivity contribution in [3.8, 4) is 0 Å². The van der Waals surface area contributed by atoms with E-state index in [9.17, 15) is 14.4 Å². The molecule has 0 fully saturated rings. The van der Waals surface area contributed by atoms with Crippen LogP contribution in [0.25, 0.3) is 0 Å². The van der Waals surface area contributed by atoms with E-state index in [2.05, 4.69) is 15.6 Å². The summed E-state index contributed by atoms with van der Waals surface area (Å²) in [5.41, 5.74) is 1.88. The highest BCUT2D eigenvalue weighted by molar-refractivity contribution is 7.14. The molecular weight excluding hydrogens is 350 g/mol. The lowest BCUT2D eigenvalue weighted by atomic mass is 10.1. The van der Waals surface area contributed by atoms with Gasteiger partial charge >= 0.3 is 0 Å². The zero-order valence-corrected chi connectivity index (χ0v) is 14.7. The SMILES string of the molecule is CC(=O)c1csc(NC(=O)c2ccc(NC(=O)c3ccccc3)cc2)n1. The standard InChI is InChI=1S/C19H15N3O3S/c1-12(23)16-11-26-19(21-16)22-18(25)14-7-9-15(10-8-14)20-17(24)13-5-3-2-4-6-13/h2-11H,1H3,(H,20,24)(H,21,22,25). The Hall–Kier alpha value is -3.32. The van der Waals surface area contributed by atoms with Crippen LogP contribution in [0, 0.1) is 0 Å². The van der Waals surface area contributed by atoms with E-state index in [1.54, 1.807) is 53.9 Å². The molecule has 0 spiro atoms. The van der Waals surface area contributed by atoms with Gasteiger partial charge in [-0.25, -0.2) is 4.98 Å². The van der Waals surface area contributed by atoms with Crippen molar-refractivity contribution in [3.63, 3.8) is 0 Å². The van der Waals surface area contributed by atoms with Crippen LogP contribution in [0.3, 0.4) is 0 Å². The van der Waals surface area contributed by atoms with Crippen molar-refractivity contribution in [3.05, 3.63) is 76.8 Å². The van der Waals surface area contributed by atoms with Gasteiger partial charge in [-0.2, -0.15) is 0 Å². The van der Waals surface area contributed by atoms with E-state index < -0.39 is 0 Å². The largest absolute Gasteiger partial charge is 0.322 e. The molecule has 0 aliphatic rings. The van der Waals surface area contributed by atoms with Gasteiger partial charge < -0.3 is 5.32 Å². The topological polar surface area (TPSA) is 88.2 Å². The Labute approximate surface area is 153 Å². The predicted octanol–water partition coefficient (Wildman–Crippen LogP) is 3.85. The highest BCUT2D eigenvalue weighted by atomic mass is 32.1. The molecule has 26 heavy (non-hydrogen) atoms. The lowest BCUT2D eigenvalue weighted by molar-refractivity contribution is 0.100. The van der Waals surface area contributed by atoms with Crippen LogP contribution in [0.4, 0.5) is 10.8 Å². The average molecular weight is 365 g/mol. The smallest absolute Gasteiger partial charge is 0.257 e. The van der Waals surface area contributed by atoms with Crippen molar-refractivity contribution in [2.75, 3.05) is 10.6 Å². The minimum atomic E-state index is -0.338. The monoisotopic (exact) mass is 365 g/mol. The summed E-state index contributed by atoms with van der Waals surface area (Å²) in [5.74, 6) is -0.710. The number of hydrogen-bond acceptors (Lipinski definition) is 5. The van der Waals surface area contributed by atoms with Gasteiger partial charge in [0.15, 0.2) is 10.9 Å². The summed E-state index contributed by atoms with van der Waals surface area (Å²) in [5, 5.41) is 7.38. The molecule has 2 amide bonds. The van der Waals surface area contributed by atoms with Gasteiger partial charge in [0.1, 0.15) is 5.69 Å². The van der Waals surface area contributed by atoms with E-state index in [1.807, 2.05) is 6.07 Å². The fraction of sp³-hybridized carbons (Fsp3) is 0.0526. The van der Waals surface area contributed by atoms with Crippen LogP contribution in [0.1, 0.15) is 38.1 Å². The average Bonchev–Trinajstić information content (AvgIpc) is 3.12.